The van der Waals surface area contributed by atoms with Gasteiger partial charge < -0.3 is 25.5 Å². The Morgan fingerprint density at radius 3 is 1.38 bits per heavy atom. The van der Waals surface area contributed by atoms with Crippen LogP contribution in [-0.2, 0) is 0 Å². The number of hydrogen-bond donors (Lipinski definition) is 5. The first-order chi connectivity index (χ1) is 19.0. The van der Waals surface area contributed by atoms with Gasteiger partial charge in [0.1, 0.15) is 11.5 Å². The maximum Gasteiger partial charge on any atom is 0.200 e. The van der Waals surface area contributed by atoms with Crippen molar-refractivity contribution >= 4 is 12.2 Å². The topological polar surface area (TPSA) is 101 Å². The molecule has 0 bridgehead atoms. The molecule has 0 unspecified atom stereocenters. The zero-order chi connectivity index (χ0) is 29.7. The average molecular weight is 539 g/mol. The van der Waals surface area contributed by atoms with E-state index in [0.29, 0.717) is 16.7 Å². The summed E-state index contributed by atoms with van der Waals surface area (Å²) in [4.78, 5) is 0. The van der Waals surface area contributed by atoms with Crippen LogP contribution in [0, 0.1) is 6.92 Å². The monoisotopic (exact) mass is 538 g/mol. The molecule has 0 aromatic heterocycles. The second kappa shape index (κ2) is 15.5. The second-order valence-electron chi connectivity index (χ2n) is 9.43. The zero-order valence-electron chi connectivity index (χ0n) is 23.6. The van der Waals surface area contributed by atoms with Gasteiger partial charge in [-0.05, 0) is 58.9 Å². The fraction of sp³-hybridized carbons (Fsp3) is 0.143. The first kappa shape index (κ1) is 31.3. The number of hydrogen-bond acceptors (Lipinski definition) is 5. The van der Waals surface area contributed by atoms with Crippen LogP contribution in [0.3, 0.4) is 0 Å². The highest BCUT2D eigenvalue weighted by Crippen LogP contribution is 2.37. The van der Waals surface area contributed by atoms with E-state index >= 15 is 0 Å². The molecule has 5 heteroatoms. The van der Waals surface area contributed by atoms with E-state index < -0.39 is 5.75 Å². The number of phenolic OH excluding ortho intramolecular Hbond substituents is 5. The minimum Gasteiger partial charge on any atom is -0.508 e. The van der Waals surface area contributed by atoms with Crippen LogP contribution in [0.4, 0.5) is 0 Å². The number of phenols is 5. The van der Waals surface area contributed by atoms with Crippen molar-refractivity contribution in [2.75, 3.05) is 0 Å². The molecule has 2 aromatic rings. The molecule has 5 nitrogen and oxygen atoms in total. The summed E-state index contributed by atoms with van der Waals surface area (Å²) in [5, 5.41) is 48.7. The molecule has 2 rings (SSSR count). The Hall–Kier alpha value is -4.90. The third-order valence-corrected chi connectivity index (χ3v) is 5.91. The van der Waals surface area contributed by atoms with Gasteiger partial charge in [0.05, 0.1) is 0 Å². The Kier molecular flexibility index (Phi) is 12.1. The van der Waals surface area contributed by atoms with Crippen molar-refractivity contribution in [3.05, 3.63) is 136 Å². The van der Waals surface area contributed by atoms with E-state index in [1.807, 2.05) is 107 Å². The number of allylic oxidation sites excluding steroid dienone is 16. The Balaban J connectivity index is 1.89. The third-order valence-electron chi connectivity index (χ3n) is 5.91. The van der Waals surface area contributed by atoms with Crippen LogP contribution >= 0.6 is 0 Å². The van der Waals surface area contributed by atoms with Gasteiger partial charge in [-0.3, -0.25) is 0 Å². The Bertz CT molecular complexity index is 1360. The van der Waals surface area contributed by atoms with Gasteiger partial charge in [0, 0.05) is 16.7 Å². The van der Waals surface area contributed by atoms with Crippen molar-refractivity contribution in [2.24, 2.45) is 0 Å². The molecule has 0 fully saturated rings. The molecule has 0 heterocycles. The lowest BCUT2D eigenvalue weighted by Gasteiger charge is -2.04. The highest BCUT2D eigenvalue weighted by molar-refractivity contribution is 5.66. The number of aromatic hydroxyl groups is 5. The summed E-state index contributed by atoms with van der Waals surface area (Å²) in [5.74, 6) is -1.08. The Labute approximate surface area is 237 Å². The van der Waals surface area contributed by atoms with E-state index in [4.69, 9.17) is 0 Å². The molecule has 0 saturated heterocycles. The zero-order valence-corrected chi connectivity index (χ0v) is 23.6. The average Bonchev–Trinajstić information content (AvgIpc) is 2.92. The molecule has 208 valence electrons. The van der Waals surface area contributed by atoms with Crippen LogP contribution < -0.4 is 0 Å². The molecular weight excluding hydrogens is 500 g/mol. The highest BCUT2D eigenvalue weighted by atomic mass is 16.3. The quantitative estimate of drug-likeness (QED) is 0.154. The number of benzene rings is 2. The largest absolute Gasteiger partial charge is 0.508 e. The summed E-state index contributed by atoms with van der Waals surface area (Å²) in [6.07, 6.45) is 27.0. The van der Waals surface area contributed by atoms with Gasteiger partial charge in [-0.15, -0.1) is 0 Å². The molecule has 0 aliphatic heterocycles. The van der Waals surface area contributed by atoms with Gasteiger partial charge in [0.2, 0.25) is 5.75 Å². The van der Waals surface area contributed by atoms with E-state index in [1.165, 1.54) is 12.1 Å². The van der Waals surface area contributed by atoms with Gasteiger partial charge in [0.15, 0.2) is 11.5 Å². The molecule has 0 amide bonds. The van der Waals surface area contributed by atoms with Crippen LogP contribution in [0.2, 0.25) is 0 Å². The molecule has 0 aliphatic rings. The Morgan fingerprint density at radius 2 is 0.875 bits per heavy atom. The summed E-state index contributed by atoms with van der Waals surface area (Å²) in [6, 6.07) is 6.11. The van der Waals surface area contributed by atoms with E-state index in [0.717, 1.165) is 22.3 Å². The highest BCUT2D eigenvalue weighted by Gasteiger charge is 2.08. The molecule has 0 atom stereocenters. The van der Waals surface area contributed by atoms with Crippen molar-refractivity contribution in [1.82, 2.24) is 0 Å². The first-order valence-corrected chi connectivity index (χ1v) is 12.8. The SMILES string of the molecule is CC(/C=C/C=C(C)/C=C/c1ccc(O)c(C)c1O)=C\C=C\C=C(C)\C=C\C=C(C)\C=C\c1ccc(O)c(O)c1O. The van der Waals surface area contributed by atoms with Crippen molar-refractivity contribution in [3.8, 4) is 28.7 Å². The summed E-state index contributed by atoms with van der Waals surface area (Å²) in [7, 11) is 0. The summed E-state index contributed by atoms with van der Waals surface area (Å²) in [6.45, 7) is 9.60. The molecule has 5 N–H and O–H groups in total. The van der Waals surface area contributed by atoms with Crippen LogP contribution in [0.1, 0.15) is 44.4 Å². The standard InChI is InChI=1S/C35H38O5/c1-24(12-8-14-26(3)16-18-29-20-22-31(36)28(5)33(29)38)10-6-7-11-25(2)13-9-15-27(4)17-19-30-21-23-32(37)35(40)34(30)39/h6-23,36-40H,1-5H3/b7-6+,12-8+,13-9+,18-16+,19-17+,24-10+,25-11+,26-14+,27-15+. The minimum atomic E-state index is -0.529. The molecule has 0 aliphatic carbocycles. The Morgan fingerprint density at radius 1 is 0.475 bits per heavy atom. The van der Waals surface area contributed by atoms with Crippen LogP contribution in [0.15, 0.2) is 119 Å². The molecule has 0 spiro atoms. The van der Waals surface area contributed by atoms with E-state index in [2.05, 4.69) is 0 Å². The molecular formula is C35H38O5. The van der Waals surface area contributed by atoms with Gasteiger partial charge in [0.25, 0.3) is 0 Å². The van der Waals surface area contributed by atoms with E-state index in [9.17, 15) is 25.5 Å². The lowest BCUT2D eigenvalue weighted by Crippen LogP contribution is -1.81. The first-order valence-electron chi connectivity index (χ1n) is 12.8. The number of rotatable bonds is 10. The third kappa shape index (κ3) is 10.1. The van der Waals surface area contributed by atoms with Crippen LogP contribution in [0.25, 0.3) is 12.2 Å². The van der Waals surface area contributed by atoms with Crippen LogP contribution in [0.5, 0.6) is 28.7 Å². The van der Waals surface area contributed by atoms with Crippen molar-refractivity contribution < 1.29 is 25.5 Å². The maximum atomic E-state index is 10.1. The fourth-order valence-electron chi connectivity index (χ4n) is 3.35. The maximum absolute atomic E-state index is 10.1. The van der Waals surface area contributed by atoms with Crippen LogP contribution in [-0.4, -0.2) is 25.5 Å². The lowest BCUT2D eigenvalue weighted by atomic mass is 10.1. The summed E-state index contributed by atoms with van der Waals surface area (Å²) in [5.41, 5.74) is 5.67. The van der Waals surface area contributed by atoms with E-state index in [1.54, 1.807) is 25.1 Å². The molecule has 40 heavy (non-hydrogen) atoms. The predicted octanol–water partition coefficient (Wildman–Crippen LogP) is 8.70. The van der Waals surface area contributed by atoms with Crippen molar-refractivity contribution in [3.63, 3.8) is 0 Å². The fourth-order valence-corrected chi connectivity index (χ4v) is 3.35. The second-order valence-corrected chi connectivity index (χ2v) is 9.43. The van der Waals surface area contributed by atoms with Crippen molar-refractivity contribution in [1.29, 1.82) is 0 Å². The lowest BCUT2D eigenvalue weighted by molar-refractivity contribution is 0.367. The summed E-state index contributed by atoms with van der Waals surface area (Å²) < 4.78 is 0. The van der Waals surface area contributed by atoms with Gasteiger partial charge in [-0.2, -0.15) is 0 Å². The summed E-state index contributed by atoms with van der Waals surface area (Å²) >= 11 is 0. The predicted molar refractivity (Wildman–Crippen MR) is 166 cm³/mol. The molecule has 0 radical (unpaired) electrons. The van der Waals surface area contributed by atoms with E-state index in [-0.39, 0.29) is 23.0 Å². The smallest absolute Gasteiger partial charge is 0.200 e. The van der Waals surface area contributed by atoms with Crippen molar-refractivity contribution in [2.45, 2.75) is 34.6 Å². The minimum absolute atomic E-state index is 0.0780. The van der Waals surface area contributed by atoms with Gasteiger partial charge >= 0.3 is 0 Å². The normalized spacial score (nSPS) is 14.2. The molecule has 2 aromatic carbocycles. The molecule has 0 saturated carbocycles. The van der Waals surface area contributed by atoms with Gasteiger partial charge in [-0.1, -0.05) is 107 Å². The van der Waals surface area contributed by atoms with Gasteiger partial charge in [-0.25, -0.2) is 0 Å².